The summed E-state index contributed by atoms with van der Waals surface area (Å²) in [5.74, 6) is 0.609. The van der Waals surface area contributed by atoms with Crippen LogP contribution in [0.4, 0.5) is 0 Å². The number of hydrogen-bond donors (Lipinski definition) is 1. The molecular formula is C12H26N2O3S. The van der Waals surface area contributed by atoms with E-state index >= 15 is 0 Å². The fraction of sp³-hybridized carbons (Fsp3) is 1.00. The highest BCUT2D eigenvalue weighted by Gasteiger charge is 2.32. The Morgan fingerprint density at radius 2 is 2.11 bits per heavy atom. The summed E-state index contributed by atoms with van der Waals surface area (Å²) < 4.78 is 31.2. The average molecular weight is 278 g/mol. The standard InChI is InChI=1S/C12H26N2O3S/c1-4-6-13-7-9-18(15,16)14-8-5-11(2)12(10-14)17-3/h11-13H,4-10H2,1-3H3. The van der Waals surface area contributed by atoms with E-state index in [4.69, 9.17) is 4.74 Å². The van der Waals surface area contributed by atoms with Crippen LogP contribution in [0.1, 0.15) is 26.7 Å². The molecule has 6 heteroatoms. The summed E-state index contributed by atoms with van der Waals surface area (Å²) in [6.45, 7) is 6.69. The Morgan fingerprint density at radius 1 is 1.39 bits per heavy atom. The molecule has 0 aromatic heterocycles. The van der Waals surface area contributed by atoms with E-state index < -0.39 is 10.0 Å². The fourth-order valence-electron chi connectivity index (χ4n) is 2.20. The molecule has 2 unspecified atom stereocenters. The van der Waals surface area contributed by atoms with Gasteiger partial charge in [-0.2, -0.15) is 4.31 Å². The maximum absolute atomic E-state index is 12.1. The molecule has 1 heterocycles. The van der Waals surface area contributed by atoms with Crippen molar-refractivity contribution >= 4 is 10.0 Å². The summed E-state index contributed by atoms with van der Waals surface area (Å²) in [6.07, 6.45) is 1.92. The van der Waals surface area contributed by atoms with E-state index in [1.165, 1.54) is 0 Å². The van der Waals surface area contributed by atoms with Gasteiger partial charge in [-0.05, 0) is 25.3 Å². The molecule has 0 aromatic carbocycles. The second kappa shape index (κ2) is 7.43. The van der Waals surface area contributed by atoms with Crippen LogP contribution in [0, 0.1) is 5.92 Å². The first-order valence-electron chi connectivity index (χ1n) is 6.72. The zero-order valence-corrected chi connectivity index (χ0v) is 12.5. The molecule has 5 nitrogen and oxygen atoms in total. The van der Waals surface area contributed by atoms with E-state index in [1.807, 2.05) is 0 Å². The van der Waals surface area contributed by atoms with E-state index in [9.17, 15) is 8.42 Å². The normalized spacial score (nSPS) is 26.4. The molecule has 0 aliphatic carbocycles. The van der Waals surface area contributed by atoms with Gasteiger partial charge in [0.25, 0.3) is 0 Å². The third-order valence-corrected chi connectivity index (χ3v) is 5.35. The van der Waals surface area contributed by atoms with Crippen LogP contribution in [0.3, 0.4) is 0 Å². The van der Waals surface area contributed by atoms with Crippen molar-refractivity contribution in [3.63, 3.8) is 0 Å². The number of piperidine rings is 1. The summed E-state index contributed by atoms with van der Waals surface area (Å²) in [6, 6.07) is 0. The third kappa shape index (κ3) is 4.50. The molecule has 1 fully saturated rings. The topological polar surface area (TPSA) is 58.6 Å². The average Bonchev–Trinajstić information content (AvgIpc) is 2.35. The van der Waals surface area contributed by atoms with E-state index in [0.29, 0.717) is 25.6 Å². The molecule has 0 aromatic rings. The number of rotatable bonds is 7. The lowest BCUT2D eigenvalue weighted by atomic mass is 9.97. The smallest absolute Gasteiger partial charge is 0.215 e. The van der Waals surface area contributed by atoms with Crippen LogP contribution in [0.2, 0.25) is 0 Å². The quantitative estimate of drug-likeness (QED) is 0.696. The van der Waals surface area contributed by atoms with Gasteiger partial charge in [0.1, 0.15) is 0 Å². The number of methoxy groups -OCH3 is 1. The Kier molecular flexibility index (Phi) is 6.55. The summed E-state index contributed by atoms with van der Waals surface area (Å²) in [4.78, 5) is 0. The first-order valence-corrected chi connectivity index (χ1v) is 8.33. The number of sulfonamides is 1. The van der Waals surface area contributed by atoms with Crippen LogP contribution < -0.4 is 5.32 Å². The van der Waals surface area contributed by atoms with Crippen molar-refractivity contribution in [2.75, 3.05) is 39.0 Å². The van der Waals surface area contributed by atoms with Gasteiger partial charge in [-0.1, -0.05) is 13.8 Å². The van der Waals surface area contributed by atoms with Crippen LogP contribution in [0.5, 0.6) is 0 Å². The van der Waals surface area contributed by atoms with Gasteiger partial charge >= 0.3 is 0 Å². The predicted molar refractivity (Wildman–Crippen MR) is 73.1 cm³/mol. The minimum atomic E-state index is -3.14. The zero-order chi connectivity index (χ0) is 13.6. The highest BCUT2D eigenvalue weighted by atomic mass is 32.2. The lowest BCUT2D eigenvalue weighted by Gasteiger charge is -2.35. The van der Waals surface area contributed by atoms with Gasteiger partial charge < -0.3 is 10.1 Å². The van der Waals surface area contributed by atoms with E-state index in [0.717, 1.165) is 19.4 Å². The lowest BCUT2D eigenvalue weighted by Crippen LogP contribution is -2.48. The van der Waals surface area contributed by atoms with E-state index in [2.05, 4.69) is 19.2 Å². The van der Waals surface area contributed by atoms with Crippen molar-refractivity contribution in [2.45, 2.75) is 32.8 Å². The van der Waals surface area contributed by atoms with Gasteiger partial charge in [-0.25, -0.2) is 8.42 Å². The van der Waals surface area contributed by atoms with Crippen molar-refractivity contribution < 1.29 is 13.2 Å². The van der Waals surface area contributed by atoms with Crippen molar-refractivity contribution in [1.29, 1.82) is 0 Å². The zero-order valence-electron chi connectivity index (χ0n) is 11.7. The highest BCUT2D eigenvalue weighted by Crippen LogP contribution is 2.21. The van der Waals surface area contributed by atoms with E-state index in [1.54, 1.807) is 11.4 Å². The molecule has 1 saturated heterocycles. The van der Waals surface area contributed by atoms with Crippen LogP contribution >= 0.6 is 0 Å². The van der Waals surface area contributed by atoms with Gasteiger partial charge in [0.2, 0.25) is 10.0 Å². The maximum Gasteiger partial charge on any atom is 0.215 e. The second-order valence-corrected chi connectivity index (χ2v) is 7.05. The van der Waals surface area contributed by atoms with E-state index in [-0.39, 0.29) is 11.9 Å². The van der Waals surface area contributed by atoms with Crippen LogP contribution in [0.15, 0.2) is 0 Å². The van der Waals surface area contributed by atoms with Crippen LogP contribution in [-0.2, 0) is 14.8 Å². The highest BCUT2D eigenvalue weighted by molar-refractivity contribution is 7.89. The Bertz CT molecular complexity index is 332. The summed E-state index contributed by atoms with van der Waals surface area (Å²) in [7, 11) is -1.49. The third-order valence-electron chi connectivity index (χ3n) is 3.51. The molecule has 1 aliphatic heterocycles. The molecule has 0 bridgehead atoms. The predicted octanol–water partition coefficient (Wildman–Crippen LogP) is 0.673. The molecule has 1 N–H and O–H groups in total. The summed E-state index contributed by atoms with van der Waals surface area (Å²) in [5.41, 5.74) is 0. The Labute approximate surface area is 111 Å². The molecule has 18 heavy (non-hydrogen) atoms. The Balaban J connectivity index is 2.47. The SMILES string of the molecule is CCCNCCS(=O)(=O)N1CCC(C)C(OC)C1. The van der Waals surface area contributed by atoms with Gasteiger partial charge in [-0.3, -0.25) is 0 Å². The van der Waals surface area contributed by atoms with Crippen molar-refractivity contribution in [3.8, 4) is 0 Å². The number of hydrogen-bond acceptors (Lipinski definition) is 4. The number of ether oxygens (including phenoxy) is 1. The van der Waals surface area contributed by atoms with Crippen molar-refractivity contribution in [3.05, 3.63) is 0 Å². The summed E-state index contributed by atoms with van der Waals surface area (Å²) >= 11 is 0. The van der Waals surface area contributed by atoms with Crippen LogP contribution in [0.25, 0.3) is 0 Å². The molecule has 0 spiro atoms. The first-order chi connectivity index (χ1) is 8.51. The van der Waals surface area contributed by atoms with Gasteiger partial charge in [0.05, 0.1) is 11.9 Å². The van der Waals surface area contributed by atoms with Gasteiger partial charge in [0.15, 0.2) is 0 Å². The van der Waals surface area contributed by atoms with Crippen molar-refractivity contribution in [1.82, 2.24) is 9.62 Å². The minimum absolute atomic E-state index is 0.0251. The molecule has 0 saturated carbocycles. The number of nitrogens with one attached hydrogen (secondary N) is 1. The largest absolute Gasteiger partial charge is 0.380 e. The first kappa shape index (κ1) is 15.9. The minimum Gasteiger partial charge on any atom is -0.380 e. The monoisotopic (exact) mass is 278 g/mol. The van der Waals surface area contributed by atoms with Crippen LogP contribution in [-0.4, -0.2) is 57.9 Å². The lowest BCUT2D eigenvalue weighted by molar-refractivity contribution is 0.0184. The molecule has 0 amide bonds. The molecule has 0 radical (unpaired) electrons. The number of nitrogens with zero attached hydrogens (tertiary/aromatic N) is 1. The maximum atomic E-state index is 12.1. The Morgan fingerprint density at radius 3 is 2.72 bits per heavy atom. The molecule has 1 aliphatic rings. The van der Waals surface area contributed by atoms with Crippen molar-refractivity contribution in [2.24, 2.45) is 5.92 Å². The molecule has 1 rings (SSSR count). The second-order valence-electron chi connectivity index (χ2n) is 4.96. The van der Waals surface area contributed by atoms with Gasteiger partial charge in [0, 0.05) is 26.7 Å². The van der Waals surface area contributed by atoms with Gasteiger partial charge in [-0.15, -0.1) is 0 Å². The molecule has 2 atom stereocenters. The fourth-order valence-corrected chi connectivity index (χ4v) is 3.62. The Hall–Kier alpha value is -0.170. The molecule has 108 valence electrons. The molecular weight excluding hydrogens is 252 g/mol. The summed E-state index contributed by atoms with van der Waals surface area (Å²) in [5, 5.41) is 3.13.